The average molecular weight is 475 g/mol. The summed E-state index contributed by atoms with van der Waals surface area (Å²) in [6.07, 6.45) is 1.53. The van der Waals surface area contributed by atoms with E-state index >= 15 is 0 Å². The Balaban J connectivity index is 1.73. The summed E-state index contributed by atoms with van der Waals surface area (Å²) >= 11 is 0. The Labute approximate surface area is 186 Å². The number of sulfonamides is 1. The maximum atomic E-state index is 14.4. The topological polar surface area (TPSA) is 100 Å². The van der Waals surface area contributed by atoms with Crippen LogP contribution in [0.2, 0.25) is 0 Å². The van der Waals surface area contributed by atoms with E-state index in [1.165, 1.54) is 48.1 Å². The summed E-state index contributed by atoms with van der Waals surface area (Å²) < 4.78 is 71.1. The third-order valence-corrected chi connectivity index (χ3v) is 6.47. The summed E-state index contributed by atoms with van der Waals surface area (Å²) in [6.45, 7) is 0. The number of nitrogens with one attached hydrogen (secondary N) is 2. The highest BCUT2D eigenvalue weighted by Crippen LogP contribution is 2.35. The summed E-state index contributed by atoms with van der Waals surface area (Å²) in [6, 6.07) is 10.6. The Morgan fingerprint density at radius 2 is 1.58 bits per heavy atom. The van der Waals surface area contributed by atoms with Crippen molar-refractivity contribution in [3.8, 4) is 11.1 Å². The largest absolute Gasteiger partial charge is 0.350 e. The van der Waals surface area contributed by atoms with E-state index in [4.69, 9.17) is 5.21 Å². The van der Waals surface area contributed by atoms with E-state index in [0.717, 1.165) is 6.07 Å². The second-order valence-electron chi connectivity index (χ2n) is 7.20. The summed E-state index contributed by atoms with van der Waals surface area (Å²) in [5.74, 6) is -4.27. The first-order valence-corrected chi connectivity index (χ1v) is 10.9. The zero-order valence-corrected chi connectivity index (χ0v) is 17.8. The summed E-state index contributed by atoms with van der Waals surface area (Å²) in [7, 11) is -2.38. The maximum absolute atomic E-state index is 14.4. The lowest BCUT2D eigenvalue weighted by molar-refractivity contribution is 0.0706. The summed E-state index contributed by atoms with van der Waals surface area (Å²) in [5, 5.41) is 9.07. The molecule has 1 aromatic heterocycles. The Morgan fingerprint density at radius 1 is 0.909 bits per heavy atom. The van der Waals surface area contributed by atoms with Gasteiger partial charge in [-0.05, 0) is 48.5 Å². The van der Waals surface area contributed by atoms with Gasteiger partial charge >= 0.3 is 0 Å². The average Bonchev–Trinajstić information content (AvgIpc) is 3.11. The standard InChI is InChI=1S/C22H16F3N3O4S/c1-28-11-17(15-9-19(24)20(25)10-18(15)23)16-8-13(4-7-21(16)28)27-33(31,32)14-5-2-12(3-6-14)22(29)26-30/h2-11,27,30H,1H3,(H,26,29). The fraction of sp³-hybridized carbons (Fsp3) is 0.0455. The molecule has 0 radical (unpaired) electrons. The number of fused-ring (bicyclic) bond motifs is 1. The van der Waals surface area contributed by atoms with Gasteiger partial charge in [-0.25, -0.2) is 27.1 Å². The molecule has 0 saturated heterocycles. The van der Waals surface area contributed by atoms with Crippen LogP contribution in [0, 0.1) is 17.5 Å². The number of carbonyl (C=O) groups is 1. The second-order valence-corrected chi connectivity index (χ2v) is 8.88. The number of hydroxylamine groups is 1. The molecular formula is C22H16F3N3O4S. The fourth-order valence-electron chi connectivity index (χ4n) is 3.46. The van der Waals surface area contributed by atoms with Crippen LogP contribution < -0.4 is 10.2 Å². The number of halogens is 3. The lowest BCUT2D eigenvalue weighted by Crippen LogP contribution is -2.19. The van der Waals surface area contributed by atoms with Crippen molar-refractivity contribution < 1.29 is 31.6 Å². The summed E-state index contributed by atoms with van der Waals surface area (Å²) in [5.41, 5.74) is 2.35. The number of aryl methyl sites for hydroxylation is 1. The zero-order valence-electron chi connectivity index (χ0n) is 16.9. The molecular weight excluding hydrogens is 459 g/mol. The fourth-order valence-corrected chi connectivity index (χ4v) is 4.51. The van der Waals surface area contributed by atoms with Crippen LogP contribution in [0.3, 0.4) is 0 Å². The Hall–Kier alpha value is -3.83. The van der Waals surface area contributed by atoms with Crippen molar-refractivity contribution in [3.05, 3.63) is 83.8 Å². The van der Waals surface area contributed by atoms with Crippen LogP contribution in [0.4, 0.5) is 18.9 Å². The molecule has 1 heterocycles. The van der Waals surface area contributed by atoms with Crippen molar-refractivity contribution in [1.29, 1.82) is 0 Å². The first-order chi connectivity index (χ1) is 15.6. The van der Waals surface area contributed by atoms with Gasteiger partial charge in [0.25, 0.3) is 15.9 Å². The summed E-state index contributed by atoms with van der Waals surface area (Å²) in [4.78, 5) is 11.3. The third kappa shape index (κ3) is 4.15. The molecule has 4 aromatic rings. The van der Waals surface area contributed by atoms with Crippen molar-refractivity contribution in [3.63, 3.8) is 0 Å². The van der Waals surface area contributed by atoms with Gasteiger partial charge in [0.2, 0.25) is 0 Å². The van der Waals surface area contributed by atoms with E-state index in [2.05, 4.69) is 4.72 Å². The molecule has 0 atom stereocenters. The molecule has 33 heavy (non-hydrogen) atoms. The van der Waals surface area contributed by atoms with Gasteiger partial charge in [0, 0.05) is 52.6 Å². The number of rotatable bonds is 5. The van der Waals surface area contributed by atoms with Gasteiger partial charge in [-0.2, -0.15) is 0 Å². The van der Waals surface area contributed by atoms with Crippen LogP contribution in [-0.4, -0.2) is 24.1 Å². The van der Waals surface area contributed by atoms with Crippen molar-refractivity contribution in [2.45, 2.75) is 4.90 Å². The smallest absolute Gasteiger partial charge is 0.274 e. The molecule has 0 fully saturated rings. The molecule has 0 aliphatic rings. The molecule has 0 aliphatic heterocycles. The number of anilines is 1. The predicted octanol–water partition coefficient (Wildman–Crippen LogP) is 4.18. The van der Waals surface area contributed by atoms with Gasteiger partial charge in [-0.3, -0.25) is 14.7 Å². The minimum Gasteiger partial charge on any atom is -0.350 e. The molecule has 0 bridgehead atoms. The Morgan fingerprint density at radius 3 is 2.24 bits per heavy atom. The van der Waals surface area contributed by atoms with Gasteiger partial charge in [-0.1, -0.05) is 0 Å². The molecule has 1 amide bonds. The number of nitrogens with zero attached hydrogens (tertiary/aromatic N) is 1. The van der Waals surface area contributed by atoms with Crippen molar-refractivity contribution >= 4 is 32.5 Å². The normalized spacial score (nSPS) is 11.5. The Bertz CT molecular complexity index is 1500. The number of hydrogen-bond donors (Lipinski definition) is 3. The molecule has 170 valence electrons. The minimum atomic E-state index is -4.06. The lowest BCUT2D eigenvalue weighted by Gasteiger charge is -2.10. The highest BCUT2D eigenvalue weighted by molar-refractivity contribution is 7.92. The molecule has 11 heteroatoms. The molecule has 0 aliphatic carbocycles. The quantitative estimate of drug-likeness (QED) is 0.229. The van der Waals surface area contributed by atoms with E-state index in [1.807, 2.05) is 0 Å². The maximum Gasteiger partial charge on any atom is 0.274 e. The van der Waals surface area contributed by atoms with Crippen LogP contribution in [0.15, 0.2) is 65.7 Å². The highest BCUT2D eigenvalue weighted by atomic mass is 32.2. The first-order valence-electron chi connectivity index (χ1n) is 9.42. The van der Waals surface area contributed by atoms with Gasteiger partial charge in [0.1, 0.15) is 5.82 Å². The van der Waals surface area contributed by atoms with Gasteiger partial charge < -0.3 is 4.57 Å². The van der Waals surface area contributed by atoms with E-state index in [0.29, 0.717) is 17.0 Å². The molecule has 0 saturated carbocycles. The molecule has 7 nitrogen and oxygen atoms in total. The SMILES string of the molecule is Cn1cc(-c2cc(F)c(F)cc2F)c2cc(NS(=O)(=O)c3ccc(C(=O)NO)cc3)ccc21. The van der Waals surface area contributed by atoms with Crippen molar-refractivity contribution in [2.75, 3.05) is 4.72 Å². The van der Waals surface area contributed by atoms with Gasteiger partial charge in [0.15, 0.2) is 11.6 Å². The molecule has 4 rings (SSSR count). The Kier molecular flexibility index (Phi) is 5.60. The molecule has 0 spiro atoms. The van der Waals surface area contributed by atoms with Crippen LogP contribution in [-0.2, 0) is 17.1 Å². The molecule has 0 unspecified atom stereocenters. The molecule has 3 N–H and O–H groups in total. The van der Waals surface area contributed by atoms with Gasteiger partial charge in [-0.15, -0.1) is 0 Å². The number of aromatic nitrogens is 1. The van der Waals surface area contributed by atoms with Crippen molar-refractivity contribution in [1.82, 2.24) is 10.0 Å². The van der Waals surface area contributed by atoms with E-state index < -0.39 is 33.4 Å². The minimum absolute atomic E-state index is 0.0559. The zero-order chi connectivity index (χ0) is 23.9. The highest BCUT2D eigenvalue weighted by Gasteiger charge is 2.19. The second kappa shape index (κ2) is 8.26. The number of hydrogen-bond acceptors (Lipinski definition) is 4. The predicted molar refractivity (Wildman–Crippen MR) is 115 cm³/mol. The van der Waals surface area contributed by atoms with Crippen LogP contribution in [0.5, 0.6) is 0 Å². The van der Waals surface area contributed by atoms with E-state index in [1.54, 1.807) is 17.7 Å². The lowest BCUT2D eigenvalue weighted by atomic mass is 10.0. The molecule has 3 aromatic carbocycles. The van der Waals surface area contributed by atoms with E-state index in [9.17, 15) is 26.4 Å². The van der Waals surface area contributed by atoms with Crippen LogP contribution >= 0.6 is 0 Å². The number of amides is 1. The van der Waals surface area contributed by atoms with Crippen LogP contribution in [0.1, 0.15) is 10.4 Å². The van der Waals surface area contributed by atoms with Crippen LogP contribution in [0.25, 0.3) is 22.0 Å². The third-order valence-electron chi connectivity index (χ3n) is 5.07. The van der Waals surface area contributed by atoms with E-state index in [-0.39, 0.29) is 27.3 Å². The monoisotopic (exact) mass is 475 g/mol. The number of carbonyl (C=O) groups excluding carboxylic acids is 1. The number of benzene rings is 3. The first kappa shape index (κ1) is 22.4. The van der Waals surface area contributed by atoms with Crippen molar-refractivity contribution in [2.24, 2.45) is 7.05 Å². The van der Waals surface area contributed by atoms with Gasteiger partial charge in [0.05, 0.1) is 4.90 Å².